The topological polar surface area (TPSA) is 92.4 Å². The summed E-state index contributed by atoms with van der Waals surface area (Å²) in [4.78, 5) is 23.2. The molecule has 0 heterocycles. The summed E-state index contributed by atoms with van der Waals surface area (Å²) in [5.74, 6) is -1.35. The first-order chi connectivity index (χ1) is 9.86. The summed E-state index contributed by atoms with van der Waals surface area (Å²) in [7, 11) is 0. The lowest BCUT2D eigenvalue weighted by molar-refractivity contribution is -0.150. The number of nitrogens with one attached hydrogen (secondary N) is 1. The molecule has 1 aromatic rings. The van der Waals surface area contributed by atoms with Gasteiger partial charge in [-0.25, -0.2) is 0 Å². The zero-order valence-corrected chi connectivity index (χ0v) is 13.4. The highest BCUT2D eigenvalue weighted by Crippen LogP contribution is 2.39. The lowest BCUT2D eigenvalue weighted by Gasteiger charge is -2.39. The SMILES string of the molecule is CC1(C(=O)O)CCCCC1Nc1cccc(Br)c1C(N)=O. The van der Waals surface area contributed by atoms with Crippen LogP contribution in [0.3, 0.4) is 0 Å². The first-order valence-electron chi connectivity index (χ1n) is 6.94. The number of benzene rings is 1. The molecule has 1 fully saturated rings. The lowest BCUT2D eigenvalue weighted by Crippen LogP contribution is -2.46. The number of carboxylic acids is 1. The summed E-state index contributed by atoms with van der Waals surface area (Å²) in [6.07, 6.45) is 3.26. The highest BCUT2D eigenvalue weighted by Gasteiger charge is 2.43. The van der Waals surface area contributed by atoms with Crippen LogP contribution in [0.1, 0.15) is 43.0 Å². The first kappa shape index (κ1) is 15.8. The van der Waals surface area contributed by atoms with Crippen LogP contribution < -0.4 is 11.1 Å². The van der Waals surface area contributed by atoms with Crippen LogP contribution in [0.25, 0.3) is 0 Å². The van der Waals surface area contributed by atoms with E-state index in [0.717, 1.165) is 19.3 Å². The van der Waals surface area contributed by atoms with E-state index in [-0.39, 0.29) is 6.04 Å². The monoisotopic (exact) mass is 354 g/mol. The zero-order valence-electron chi connectivity index (χ0n) is 11.9. The third-order valence-corrected chi connectivity index (χ3v) is 4.95. The van der Waals surface area contributed by atoms with E-state index in [2.05, 4.69) is 21.2 Å². The number of halogens is 1. The second-order valence-corrected chi connectivity index (χ2v) is 6.55. The average Bonchev–Trinajstić information content (AvgIpc) is 2.41. The molecule has 1 amide bonds. The third kappa shape index (κ3) is 3.05. The van der Waals surface area contributed by atoms with E-state index < -0.39 is 17.3 Å². The van der Waals surface area contributed by atoms with Gasteiger partial charge in [0.25, 0.3) is 5.91 Å². The second-order valence-electron chi connectivity index (χ2n) is 5.69. The van der Waals surface area contributed by atoms with E-state index >= 15 is 0 Å². The number of amides is 1. The van der Waals surface area contributed by atoms with E-state index in [1.165, 1.54) is 0 Å². The normalized spacial score (nSPS) is 25.3. The Balaban J connectivity index is 2.35. The number of aliphatic carboxylic acids is 1. The van der Waals surface area contributed by atoms with Gasteiger partial charge in [-0.2, -0.15) is 0 Å². The van der Waals surface area contributed by atoms with Gasteiger partial charge in [0.1, 0.15) is 0 Å². The summed E-state index contributed by atoms with van der Waals surface area (Å²) >= 11 is 3.31. The molecular weight excluding hydrogens is 336 g/mol. The minimum Gasteiger partial charge on any atom is -0.481 e. The van der Waals surface area contributed by atoms with Crippen molar-refractivity contribution in [3.8, 4) is 0 Å². The van der Waals surface area contributed by atoms with Gasteiger partial charge >= 0.3 is 5.97 Å². The van der Waals surface area contributed by atoms with Crippen molar-refractivity contribution in [2.45, 2.75) is 38.6 Å². The number of hydrogen-bond donors (Lipinski definition) is 3. The molecule has 0 aromatic heterocycles. The molecule has 1 aliphatic rings. The largest absolute Gasteiger partial charge is 0.481 e. The minimum absolute atomic E-state index is 0.226. The Hall–Kier alpha value is -1.56. The summed E-state index contributed by atoms with van der Waals surface area (Å²) < 4.78 is 0.604. The second kappa shape index (κ2) is 6.05. The number of carbonyl (C=O) groups excluding carboxylic acids is 1. The Kier molecular flexibility index (Phi) is 4.56. The van der Waals surface area contributed by atoms with Crippen LogP contribution in [0.4, 0.5) is 5.69 Å². The number of carboxylic acid groups (broad SMARTS) is 1. The maximum atomic E-state index is 11.6. The molecule has 1 saturated carbocycles. The van der Waals surface area contributed by atoms with Gasteiger partial charge in [-0.3, -0.25) is 9.59 Å². The first-order valence-corrected chi connectivity index (χ1v) is 7.74. The molecule has 0 saturated heterocycles. The van der Waals surface area contributed by atoms with Crippen molar-refractivity contribution < 1.29 is 14.7 Å². The molecule has 2 unspecified atom stereocenters. The van der Waals surface area contributed by atoms with E-state index in [0.29, 0.717) is 22.1 Å². The van der Waals surface area contributed by atoms with E-state index in [1.807, 2.05) is 0 Å². The molecule has 6 heteroatoms. The molecule has 0 bridgehead atoms. The molecule has 2 atom stereocenters. The van der Waals surface area contributed by atoms with Gasteiger partial charge in [0, 0.05) is 16.2 Å². The number of primary amides is 1. The van der Waals surface area contributed by atoms with E-state index in [4.69, 9.17) is 5.73 Å². The lowest BCUT2D eigenvalue weighted by atomic mass is 9.71. The summed E-state index contributed by atoms with van der Waals surface area (Å²) in [6.45, 7) is 1.76. The maximum Gasteiger partial charge on any atom is 0.311 e. The average molecular weight is 355 g/mol. The summed E-state index contributed by atoms with van der Waals surface area (Å²) in [5, 5.41) is 12.8. The van der Waals surface area contributed by atoms with Gasteiger partial charge in [-0.05, 0) is 47.8 Å². The van der Waals surface area contributed by atoms with Crippen LogP contribution in [0.15, 0.2) is 22.7 Å². The molecule has 0 spiro atoms. The van der Waals surface area contributed by atoms with Gasteiger partial charge in [-0.1, -0.05) is 18.9 Å². The van der Waals surface area contributed by atoms with Gasteiger partial charge in [0.2, 0.25) is 0 Å². The number of hydrogen-bond acceptors (Lipinski definition) is 3. The number of rotatable bonds is 4. The fourth-order valence-corrected chi connectivity index (χ4v) is 3.47. The molecule has 114 valence electrons. The van der Waals surface area contributed by atoms with Crippen molar-refractivity contribution in [2.75, 3.05) is 5.32 Å². The highest BCUT2D eigenvalue weighted by molar-refractivity contribution is 9.10. The van der Waals surface area contributed by atoms with Crippen molar-refractivity contribution in [3.05, 3.63) is 28.2 Å². The predicted octanol–water partition coefficient (Wildman–Crippen LogP) is 2.99. The molecular formula is C15H19BrN2O3. The zero-order chi connectivity index (χ0) is 15.6. The van der Waals surface area contributed by atoms with Crippen LogP contribution in [-0.2, 0) is 4.79 Å². The third-order valence-electron chi connectivity index (χ3n) is 4.29. The van der Waals surface area contributed by atoms with Crippen molar-refractivity contribution in [3.63, 3.8) is 0 Å². The molecule has 1 aliphatic carbocycles. The van der Waals surface area contributed by atoms with Gasteiger partial charge in [0.05, 0.1) is 11.0 Å². The fourth-order valence-electron chi connectivity index (χ4n) is 2.90. The molecule has 5 nitrogen and oxygen atoms in total. The van der Waals surface area contributed by atoms with Crippen LogP contribution in [0.2, 0.25) is 0 Å². The Morgan fingerprint density at radius 3 is 2.76 bits per heavy atom. The van der Waals surface area contributed by atoms with Gasteiger partial charge in [-0.15, -0.1) is 0 Å². The number of anilines is 1. The quantitative estimate of drug-likeness (QED) is 0.774. The van der Waals surface area contributed by atoms with Crippen molar-refractivity contribution >= 4 is 33.5 Å². The van der Waals surface area contributed by atoms with E-state index in [9.17, 15) is 14.7 Å². The van der Waals surface area contributed by atoms with Crippen molar-refractivity contribution in [1.82, 2.24) is 0 Å². The number of carbonyl (C=O) groups is 2. The maximum absolute atomic E-state index is 11.6. The van der Waals surface area contributed by atoms with Gasteiger partial charge in [0.15, 0.2) is 0 Å². The Bertz CT molecular complexity index is 576. The molecule has 4 N–H and O–H groups in total. The van der Waals surface area contributed by atoms with Crippen molar-refractivity contribution in [1.29, 1.82) is 0 Å². The van der Waals surface area contributed by atoms with E-state index in [1.54, 1.807) is 25.1 Å². The highest BCUT2D eigenvalue weighted by atomic mass is 79.9. The molecule has 0 aliphatic heterocycles. The Morgan fingerprint density at radius 1 is 1.43 bits per heavy atom. The molecule has 0 radical (unpaired) electrons. The standard InChI is InChI=1S/C15H19BrN2O3/c1-15(14(20)21)8-3-2-7-11(15)18-10-6-4-5-9(16)12(10)13(17)19/h4-6,11,18H,2-3,7-8H2,1H3,(H2,17,19)(H,20,21). The molecule has 1 aromatic carbocycles. The van der Waals surface area contributed by atoms with Gasteiger partial charge < -0.3 is 16.2 Å². The van der Waals surface area contributed by atoms with Crippen LogP contribution in [0, 0.1) is 5.41 Å². The number of nitrogens with two attached hydrogens (primary N) is 1. The van der Waals surface area contributed by atoms with Crippen LogP contribution in [0.5, 0.6) is 0 Å². The smallest absolute Gasteiger partial charge is 0.311 e. The molecule has 2 rings (SSSR count). The Labute approximate surface area is 132 Å². The van der Waals surface area contributed by atoms with Crippen LogP contribution in [-0.4, -0.2) is 23.0 Å². The fraction of sp³-hybridized carbons (Fsp3) is 0.467. The van der Waals surface area contributed by atoms with Crippen molar-refractivity contribution in [2.24, 2.45) is 11.1 Å². The summed E-state index contributed by atoms with van der Waals surface area (Å²) in [5.41, 5.74) is 5.52. The Morgan fingerprint density at radius 2 is 2.14 bits per heavy atom. The molecule has 21 heavy (non-hydrogen) atoms. The van der Waals surface area contributed by atoms with Crippen LogP contribution >= 0.6 is 15.9 Å². The summed E-state index contributed by atoms with van der Waals surface area (Å²) in [6, 6.07) is 5.06. The predicted molar refractivity (Wildman–Crippen MR) is 84.3 cm³/mol. The minimum atomic E-state index is -0.838.